The van der Waals surface area contributed by atoms with Crippen molar-refractivity contribution in [1.29, 1.82) is 0 Å². The molecule has 1 heterocycles. The minimum atomic E-state index is 0.00750. The monoisotopic (exact) mass is 469 g/mol. The lowest BCUT2D eigenvalue weighted by atomic mass is 10.0. The molecule has 0 aromatic heterocycles. The van der Waals surface area contributed by atoms with E-state index in [0.29, 0.717) is 48.8 Å². The Morgan fingerprint density at radius 3 is 2.59 bits per heavy atom. The minimum Gasteiger partial charge on any atom is -0.493 e. The van der Waals surface area contributed by atoms with Crippen LogP contribution in [0.1, 0.15) is 36.2 Å². The number of carbonyl (C=O) groups is 1. The summed E-state index contributed by atoms with van der Waals surface area (Å²) in [5, 5.41) is 7.17. The molecule has 1 aliphatic rings. The Morgan fingerprint density at radius 1 is 1.09 bits per heavy atom. The van der Waals surface area contributed by atoms with Gasteiger partial charge in [-0.05, 0) is 37.6 Å². The highest BCUT2D eigenvalue weighted by Gasteiger charge is 2.31. The van der Waals surface area contributed by atoms with E-state index in [4.69, 9.17) is 14.2 Å². The van der Waals surface area contributed by atoms with Gasteiger partial charge in [0.15, 0.2) is 11.5 Å². The number of hydrogen-bond acceptors (Lipinski definition) is 6. The van der Waals surface area contributed by atoms with E-state index in [-0.39, 0.29) is 11.9 Å². The van der Waals surface area contributed by atoms with Gasteiger partial charge in [0.1, 0.15) is 0 Å². The summed E-state index contributed by atoms with van der Waals surface area (Å²) < 4.78 is 16.4. The zero-order chi connectivity index (χ0) is 24.3. The van der Waals surface area contributed by atoms with Crippen LogP contribution in [0, 0.1) is 5.92 Å². The average Bonchev–Trinajstić information content (AvgIpc) is 3.31. The first-order chi connectivity index (χ1) is 16.5. The van der Waals surface area contributed by atoms with E-state index in [1.807, 2.05) is 17.0 Å². The van der Waals surface area contributed by atoms with Crippen LogP contribution in [0.15, 0.2) is 48.5 Å². The fraction of sp³-hybridized carbons (Fsp3) is 0.519. The molecule has 1 aliphatic heterocycles. The van der Waals surface area contributed by atoms with Crippen LogP contribution in [-0.4, -0.2) is 70.0 Å². The van der Waals surface area contributed by atoms with Gasteiger partial charge in [-0.3, -0.25) is 4.79 Å². The maximum Gasteiger partial charge on any atom is 0.254 e. The van der Waals surface area contributed by atoms with Gasteiger partial charge in [0.2, 0.25) is 0 Å². The molecule has 0 spiro atoms. The van der Waals surface area contributed by atoms with Crippen LogP contribution >= 0.6 is 0 Å². The van der Waals surface area contributed by atoms with Crippen molar-refractivity contribution in [2.45, 2.75) is 38.9 Å². The summed E-state index contributed by atoms with van der Waals surface area (Å²) in [6, 6.07) is 16.2. The third-order valence-corrected chi connectivity index (χ3v) is 6.23. The van der Waals surface area contributed by atoms with E-state index in [2.05, 4.69) is 48.7 Å². The first kappa shape index (κ1) is 26.0. The maximum atomic E-state index is 13.6. The number of carbonyl (C=O) groups excluding carboxylic acids is 1. The zero-order valence-electron chi connectivity index (χ0n) is 20.9. The second-order valence-corrected chi connectivity index (χ2v) is 9.00. The van der Waals surface area contributed by atoms with Crippen molar-refractivity contribution in [1.82, 2.24) is 15.5 Å². The molecule has 0 radical (unpaired) electrons. The largest absolute Gasteiger partial charge is 0.493 e. The van der Waals surface area contributed by atoms with Crippen molar-refractivity contribution >= 4 is 5.91 Å². The van der Waals surface area contributed by atoms with Gasteiger partial charge in [0, 0.05) is 69.9 Å². The standard InChI is InChI=1S/C27H39N3O4/c1-20(2)30(19-23-17-28-18-24(23)29-16-21-9-6-5-7-10-21)27(31)22-11-12-25(33-4)26(15-22)34-14-8-13-32-3/h5-7,9-12,15,20,23-24,28-29H,8,13-14,16-19H2,1-4H3/t23-,24-/m0/s1. The third kappa shape index (κ3) is 7.19. The maximum absolute atomic E-state index is 13.6. The Kier molecular flexibility index (Phi) is 10.2. The number of rotatable bonds is 13. The Labute approximate surface area is 203 Å². The molecule has 3 rings (SSSR count). The van der Waals surface area contributed by atoms with Crippen molar-refractivity contribution in [3.8, 4) is 11.5 Å². The van der Waals surface area contributed by atoms with Crippen LogP contribution in [0.5, 0.6) is 11.5 Å². The Balaban J connectivity index is 1.67. The van der Waals surface area contributed by atoms with E-state index >= 15 is 0 Å². The smallest absolute Gasteiger partial charge is 0.254 e. The molecule has 1 amide bonds. The summed E-state index contributed by atoms with van der Waals surface area (Å²) >= 11 is 0. The van der Waals surface area contributed by atoms with Crippen molar-refractivity contribution in [2.75, 3.05) is 47.1 Å². The molecule has 2 aromatic carbocycles. The van der Waals surface area contributed by atoms with E-state index in [1.54, 1.807) is 26.4 Å². The molecule has 1 saturated heterocycles. The van der Waals surface area contributed by atoms with Gasteiger partial charge in [-0.15, -0.1) is 0 Å². The SMILES string of the molecule is COCCCOc1cc(C(=O)N(C[C@@H]2CNC[C@@H]2NCc2ccccc2)C(C)C)ccc1OC. The highest BCUT2D eigenvalue weighted by atomic mass is 16.5. The Morgan fingerprint density at radius 2 is 1.88 bits per heavy atom. The quantitative estimate of drug-likeness (QED) is 0.439. The number of ether oxygens (including phenoxy) is 3. The lowest BCUT2D eigenvalue weighted by Crippen LogP contribution is -2.46. The number of nitrogens with one attached hydrogen (secondary N) is 2. The molecule has 0 bridgehead atoms. The molecule has 7 nitrogen and oxygen atoms in total. The number of benzene rings is 2. The highest BCUT2D eigenvalue weighted by molar-refractivity contribution is 5.95. The summed E-state index contributed by atoms with van der Waals surface area (Å²) in [5.74, 6) is 1.54. The summed E-state index contributed by atoms with van der Waals surface area (Å²) in [6.45, 7) is 8.55. The molecule has 1 fully saturated rings. The second-order valence-electron chi connectivity index (χ2n) is 9.00. The van der Waals surface area contributed by atoms with Gasteiger partial charge < -0.3 is 29.7 Å². The van der Waals surface area contributed by atoms with E-state index in [0.717, 1.165) is 26.1 Å². The van der Waals surface area contributed by atoms with Crippen LogP contribution < -0.4 is 20.1 Å². The molecule has 2 aromatic rings. The first-order valence-electron chi connectivity index (χ1n) is 12.1. The van der Waals surface area contributed by atoms with Gasteiger partial charge >= 0.3 is 0 Å². The summed E-state index contributed by atoms with van der Waals surface area (Å²) in [4.78, 5) is 15.5. The number of methoxy groups -OCH3 is 2. The summed E-state index contributed by atoms with van der Waals surface area (Å²) in [7, 11) is 3.27. The zero-order valence-corrected chi connectivity index (χ0v) is 20.9. The number of hydrogen-bond donors (Lipinski definition) is 2. The van der Waals surface area contributed by atoms with Crippen molar-refractivity contribution in [2.24, 2.45) is 5.92 Å². The van der Waals surface area contributed by atoms with Crippen LogP contribution in [0.3, 0.4) is 0 Å². The number of nitrogens with zero attached hydrogens (tertiary/aromatic N) is 1. The normalized spacial score (nSPS) is 17.7. The molecular weight excluding hydrogens is 430 g/mol. The average molecular weight is 470 g/mol. The lowest BCUT2D eigenvalue weighted by molar-refractivity contribution is 0.0668. The van der Waals surface area contributed by atoms with Gasteiger partial charge in [0.05, 0.1) is 13.7 Å². The van der Waals surface area contributed by atoms with Crippen LogP contribution in [0.25, 0.3) is 0 Å². The summed E-state index contributed by atoms with van der Waals surface area (Å²) in [5.41, 5.74) is 1.87. The number of amides is 1. The fourth-order valence-corrected chi connectivity index (χ4v) is 4.26. The van der Waals surface area contributed by atoms with E-state index < -0.39 is 0 Å². The van der Waals surface area contributed by atoms with Crippen LogP contribution in [0.2, 0.25) is 0 Å². The van der Waals surface area contributed by atoms with E-state index in [1.165, 1.54) is 5.56 Å². The van der Waals surface area contributed by atoms with E-state index in [9.17, 15) is 4.79 Å². The van der Waals surface area contributed by atoms with Crippen molar-refractivity contribution in [3.63, 3.8) is 0 Å². The van der Waals surface area contributed by atoms with Gasteiger partial charge in [-0.25, -0.2) is 0 Å². The topological polar surface area (TPSA) is 72.1 Å². The van der Waals surface area contributed by atoms with Crippen LogP contribution in [0.4, 0.5) is 0 Å². The van der Waals surface area contributed by atoms with Crippen LogP contribution in [-0.2, 0) is 11.3 Å². The van der Waals surface area contributed by atoms with Gasteiger partial charge in [-0.2, -0.15) is 0 Å². The first-order valence-corrected chi connectivity index (χ1v) is 12.1. The molecule has 2 atom stereocenters. The molecular formula is C27H39N3O4. The molecule has 2 N–H and O–H groups in total. The predicted molar refractivity (Wildman–Crippen MR) is 135 cm³/mol. The van der Waals surface area contributed by atoms with Gasteiger partial charge in [0.25, 0.3) is 5.91 Å². The predicted octanol–water partition coefficient (Wildman–Crippen LogP) is 3.34. The molecule has 0 unspecified atom stereocenters. The fourth-order valence-electron chi connectivity index (χ4n) is 4.26. The van der Waals surface area contributed by atoms with Crippen molar-refractivity contribution < 1.29 is 19.0 Å². The van der Waals surface area contributed by atoms with Crippen molar-refractivity contribution in [3.05, 3.63) is 59.7 Å². The third-order valence-electron chi connectivity index (χ3n) is 6.23. The Bertz CT molecular complexity index is 891. The minimum absolute atomic E-state index is 0.00750. The molecule has 186 valence electrons. The molecule has 0 aliphatic carbocycles. The second kappa shape index (κ2) is 13.3. The highest BCUT2D eigenvalue weighted by Crippen LogP contribution is 2.29. The molecule has 7 heteroatoms. The molecule has 0 saturated carbocycles. The summed E-state index contributed by atoms with van der Waals surface area (Å²) in [6.07, 6.45) is 0.766. The Hall–Kier alpha value is -2.61. The lowest BCUT2D eigenvalue weighted by Gasteiger charge is -2.32. The van der Waals surface area contributed by atoms with Gasteiger partial charge in [-0.1, -0.05) is 30.3 Å². The molecule has 34 heavy (non-hydrogen) atoms.